The summed E-state index contributed by atoms with van der Waals surface area (Å²) in [6.07, 6.45) is 1.91. The van der Waals surface area contributed by atoms with Gasteiger partial charge in [-0.15, -0.1) is 0 Å². The zero-order valence-corrected chi connectivity index (χ0v) is 22.6. The van der Waals surface area contributed by atoms with Gasteiger partial charge in [-0.25, -0.2) is 12.8 Å². The average molecular weight is 567 g/mol. The van der Waals surface area contributed by atoms with E-state index in [0.717, 1.165) is 22.7 Å². The normalized spacial score (nSPS) is 12.2. The van der Waals surface area contributed by atoms with Gasteiger partial charge in [0.1, 0.15) is 18.4 Å². The molecule has 0 saturated carbocycles. The highest BCUT2D eigenvalue weighted by atomic mass is 35.5. The fourth-order valence-electron chi connectivity index (χ4n) is 3.37. The summed E-state index contributed by atoms with van der Waals surface area (Å²) < 4.78 is 39.6. The Kier molecular flexibility index (Phi) is 10.6. The number of sulfonamides is 1. The maximum atomic E-state index is 13.7. The minimum absolute atomic E-state index is 0.0183. The van der Waals surface area contributed by atoms with E-state index in [4.69, 9.17) is 34.8 Å². The smallest absolute Gasteiger partial charge is 0.244 e. The Balaban J connectivity index is 2.46. The molecule has 0 aliphatic heterocycles. The van der Waals surface area contributed by atoms with Crippen LogP contribution in [0.3, 0.4) is 0 Å². The number of carbonyl (C=O) groups is 2. The summed E-state index contributed by atoms with van der Waals surface area (Å²) in [6, 6.07) is 7.30. The van der Waals surface area contributed by atoms with Crippen molar-refractivity contribution in [2.24, 2.45) is 0 Å². The molecule has 0 radical (unpaired) electrons. The van der Waals surface area contributed by atoms with Gasteiger partial charge in [-0.2, -0.15) is 0 Å². The molecule has 2 aromatic carbocycles. The van der Waals surface area contributed by atoms with Gasteiger partial charge < -0.3 is 10.2 Å². The molecule has 1 N–H and O–H groups in total. The van der Waals surface area contributed by atoms with Crippen LogP contribution in [0.2, 0.25) is 15.1 Å². The lowest BCUT2D eigenvalue weighted by Crippen LogP contribution is -2.52. The monoisotopic (exact) mass is 565 g/mol. The van der Waals surface area contributed by atoms with Crippen molar-refractivity contribution in [2.75, 3.05) is 23.7 Å². The van der Waals surface area contributed by atoms with E-state index in [1.165, 1.54) is 11.0 Å². The second kappa shape index (κ2) is 12.8. The van der Waals surface area contributed by atoms with Crippen molar-refractivity contribution in [3.05, 3.63) is 62.8 Å². The first-order valence-corrected chi connectivity index (χ1v) is 13.8. The minimum atomic E-state index is -3.96. The van der Waals surface area contributed by atoms with Crippen LogP contribution in [0.15, 0.2) is 36.4 Å². The lowest BCUT2D eigenvalue weighted by molar-refractivity contribution is -0.140. The van der Waals surface area contributed by atoms with Gasteiger partial charge in [-0.3, -0.25) is 13.9 Å². The van der Waals surface area contributed by atoms with Crippen molar-refractivity contribution in [1.82, 2.24) is 10.2 Å². The number of hydrogen-bond acceptors (Lipinski definition) is 4. The molecule has 2 aromatic rings. The third-order valence-electron chi connectivity index (χ3n) is 5.14. The summed E-state index contributed by atoms with van der Waals surface area (Å²) in [5.74, 6) is -1.73. The van der Waals surface area contributed by atoms with Gasteiger partial charge >= 0.3 is 0 Å². The van der Waals surface area contributed by atoms with Crippen LogP contribution in [-0.2, 0) is 26.2 Å². The van der Waals surface area contributed by atoms with Crippen molar-refractivity contribution in [1.29, 1.82) is 0 Å². The predicted molar refractivity (Wildman–Crippen MR) is 138 cm³/mol. The van der Waals surface area contributed by atoms with Crippen molar-refractivity contribution in [2.45, 2.75) is 39.3 Å². The van der Waals surface area contributed by atoms with Crippen molar-refractivity contribution in [3.63, 3.8) is 0 Å². The molecular formula is C23H27Cl3FN3O4S. The van der Waals surface area contributed by atoms with Crippen LogP contribution < -0.4 is 9.62 Å². The summed E-state index contributed by atoms with van der Waals surface area (Å²) in [6.45, 7) is 3.43. The van der Waals surface area contributed by atoms with E-state index in [0.29, 0.717) is 23.6 Å². The quantitative estimate of drug-likeness (QED) is 0.420. The van der Waals surface area contributed by atoms with Crippen LogP contribution in [0.1, 0.15) is 32.3 Å². The molecule has 192 valence electrons. The van der Waals surface area contributed by atoms with E-state index in [1.807, 2.05) is 6.92 Å². The number of rotatable bonds is 11. The van der Waals surface area contributed by atoms with Crippen LogP contribution >= 0.6 is 34.8 Å². The molecule has 35 heavy (non-hydrogen) atoms. The highest BCUT2D eigenvalue weighted by molar-refractivity contribution is 7.92. The average Bonchev–Trinajstić information content (AvgIpc) is 2.79. The summed E-state index contributed by atoms with van der Waals surface area (Å²) in [4.78, 5) is 27.7. The highest BCUT2D eigenvalue weighted by Gasteiger charge is 2.31. The summed E-state index contributed by atoms with van der Waals surface area (Å²) in [5, 5.41) is 3.10. The van der Waals surface area contributed by atoms with Gasteiger partial charge in [-0.1, -0.05) is 54.7 Å². The molecule has 12 heteroatoms. The molecule has 0 bridgehead atoms. The minimum Gasteiger partial charge on any atom is -0.354 e. The first-order chi connectivity index (χ1) is 16.4. The largest absolute Gasteiger partial charge is 0.354 e. The highest BCUT2D eigenvalue weighted by Crippen LogP contribution is 2.26. The molecule has 0 heterocycles. The molecule has 1 unspecified atom stereocenters. The Morgan fingerprint density at radius 3 is 2.26 bits per heavy atom. The summed E-state index contributed by atoms with van der Waals surface area (Å²) >= 11 is 18.0. The number of nitrogens with zero attached hydrogens (tertiary/aromatic N) is 2. The molecule has 2 amide bonds. The standard InChI is InChI=1S/C23H27Cl3FN3O4S/c1-4-10-28-23(32)21(5-2)29(13-15-6-8-17(24)18(25)11-15)22(31)14-30(35(3,33)34)16-7-9-20(27)19(26)12-16/h6-9,11-12,21H,4-5,10,13-14H2,1-3H3,(H,28,32). The first-order valence-electron chi connectivity index (χ1n) is 10.8. The lowest BCUT2D eigenvalue weighted by Gasteiger charge is -2.33. The third kappa shape index (κ3) is 7.96. The van der Waals surface area contributed by atoms with E-state index in [1.54, 1.807) is 25.1 Å². The van der Waals surface area contributed by atoms with Crippen LogP contribution in [-0.4, -0.2) is 50.5 Å². The molecule has 0 saturated heterocycles. The fraction of sp³-hybridized carbons (Fsp3) is 0.391. The maximum absolute atomic E-state index is 13.7. The van der Waals surface area contributed by atoms with Crippen molar-refractivity contribution in [3.8, 4) is 0 Å². The number of hydrogen-bond donors (Lipinski definition) is 1. The van der Waals surface area contributed by atoms with E-state index < -0.39 is 34.3 Å². The number of halogens is 4. The Hall–Kier alpha value is -2.07. The maximum Gasteiger partial charge on any atom is 0.244 e. The molecule has 0 aliphatic carbocycles. The van der Waals surface area contributed by atoms with Crippen LogP contribution in [0.5, 0.6) is 0 Å². The van der Waals surface area contributed by atoms with E-state index in [-0.39, 0.29) is 34.6 Å². The molecule has 0 aliphatic rings. The molecular weight excluding hydrogens is 540 g/mol. The number of anilines is 1. The Morgan fingerprint density at radius 1 is 1.03 bits per heavy atom. The summed E-state index contributed by atoms with van der Waals surface area (Å²) in [7, 11) is -3.96. The fourth-order valence-corrected chi connectivity index (χ4v) is 4.71. The Morgan fingerprint density at radius 2 is 1.71 bits per heavy atom. The number of benzene rings is 2. The molecule has 0 fully saturated rings. The van der Waals surface area contributed by atoms with Gasteiger partial charge in [0.15, 0.2) is 0 Å². The van der Waals surface area contributed by atoms with Crippen LogP contribution in [0, 0.1) is 5.82 Å². The second-order valence-electron chi connectivity index (χ2n) is 7.85. The van der Waals surface area contributed by atoms with E-state index >= 15 is 0 Å². The van der Waals surface area contributed by atoms with E-state index in [9.17, 15) is 22.4 Å². The molecule has 0 aromatic heterocycles. The topological polar surface area (TPSA) is 86.8 Å². The number of carbonyl (C=O) groups excluding carboxylic acids is 2. The van der Waals surface area contributed by atoms with Gasteiger partial charge in [0.05, 0.1) is 27.0 Å². The third-order valence-corrected chi connectivity index (χ3v) is 7.31. The predicted octanol–water partition coefficient (Wildman–Crippen LogP) is 4.89. The summed E-state index contributed by atoms with van der Waals surface area (Å²) in [5.41, 5.74) is 0.621. The van der Waals surface area contributed by atoms with Gasteiger partial charge in [-0.05, 0) is 48.7 Å². The number of nitrogens with one attached hydrogen (secondary N) is 1. The van der Waals surface area contributed by atoms with Gasteiger partial charge in [0, 0.05) is 13.1 Å². The molecule has 1 atom stereocenters. The molecule has 2 rings (SSSR count). The van der Waals surface area contributed by atoms with Crippen molar-refractivity contribution >= 4 is 62.3 Å². The van der Waals surface area contributed by atoms with Gasteiger partial charge in [0.25, 0.3) is 0 Å². The van der Waals surface area contributed by atoms with Crippen molar-refractivity contribution < 1.29 is 22.4 Å². The SMILES string of the molecule is CCCNC(=O)C(CC)N(Cc1ccc(Cl)c(Cl)c1)C(=O)CN(c1ccc(F)c(Cl)c1)S(C)(=O)=O. The van der Waals surface area contributed by atoms with Crippen LogP contribution in [0.25, 0.3) is 0 Å². The second-order valence-corrected chi connectivity index (χ2v) is 11.0. The first kappa shape index (κ1) is 29.2. The molecule has 0 spiro atoms. The zero-order chi connectivity index (χ0) is 26.3. The molecule has 7 nitrogen and oxygen atoms in total. The number of amides is 2. The Labute approximate surface area is 220 Å². The van der Waals surface area contributed by atoms with E-state index in [2.05, 4.69) is 5.32 Å². The lowest BCUT2D eigenvalue weighted by atomic mass is 10.1. The zero-order valence-electron chi connectivity index (χ0n) is 19.5. The van der Waals surface area contributed by atoms with Gasteiger partial charge in [0.2, 0.25) is 21.8 Å². The van der Waals surface area contributed by atoms with Crippen LogP contribution in [0.4, 0.5) is 10.1 Å². The Bertz CT molecular complexity index is 1180.